The predicted octanol–water partition coefficient (Wildman–Crippen LogP) is 4.42. The lowest BCUT2D eigenvalue weighted by Gasteiger charge is -2.35. The van der Waals surface area contributed by atoms with Gasteiger partial charge >= 0.3 is 0 Å². The number of aromatic nitrogens is 2. The van der Waals surface area contributed by atoms with Gasteiger partial charge in [0.1, 0.15) is 11.4 Å². The number of carbonyl (C=O) groups excluding carboxylic acids is 1. The predicted molar refractivity (Wildman–Crippen MR) is 131 cm³/mol. The van der Waals surface area contributed by atoms with Crippen molar-refractivity contribution < 1.29 is 9.53 Å². The highest BCUT2D eigenvalue weighted by Gasteiger charge is 2.32. The van der Waals surface area contributed by atoms with E-state index >= 15 is 0 Å². The second-order valence-corrected chi connectivity index (χ2v) is 8.66. The van der Waals surface area contributed by atoms with E-state index in [0.29, 0.717) is 33.1 Å². The molecule has 0 saturated carbocycles. The second kappa shape index (κ2) is 9.05. The van der Waals surface area contributed by atoms with Crippen molar-refractivity contribution in [1.82, 2.24) is 9.97 Å². The monoisotopic (exact) mass is 484 g/mol. The zero-order chi connectivity index (χ0) is 22.9. The van der Waals surface area contributed by atoms with Gasteiger partial charge in [-0.2, -0.15) is 4.98 Å². The number of carbonyl (C=O) groups is 1. The second-order valence-electron chi connectivity index (χ2n) is 7.85. The summed E-state index contributed by atoms with van der Waals surface area (Å²) in [4.78, 5) is 27.8. The molecule has 3 heterocycles. The topological polar surface area (TPSA) is 73.8 Å². The van der Waals surface area contributed by atoms with Gasteiger partial charge in [0.25, 0.3) is 5.91 Å². The normalized spacial score (nSPS) is 16.1. The molecule has 33 heavy (non-hydrogen) atoms. The minimum absolute atomic E-state index is 0.250. The number of anilines is 5. The number of halogens is 2. The molecule has 2 aromatic carbocycles. The van der Waals surface area contributed by atoms with E-state index < -0.39 is 0 Å². The molecule has 0 spiro atoms. The van der Waals surface area contributed by atoms with Gasteiger partial charge in [-0.1, -0.05) is 29.3 Å². The summed E-state index contributed by atoms with van der Waals surface area (Å²) in [5.41, 5.74) is 2.87. The maximum atomic E-state index is 13.2. The van der Waals surface area contributed by atoms with E-state index in [9.17, 15) is 4.79 Å². The maximum absolute atomic E-state index is 13.2. The van der Waals surface area contributed by atoms with Gasteiger partial charge < -0.3 is 19.9 Å². The van der Waals surface area contributed by atoms with Crippen LogP contribution in [0.25, 0.3) is 0 Å². The first kappa shape index (κ1) is 21.8. The molecule has 1 saturated heterocycles. The SMILES string of the molecule is CN1CN(c2c(Cl)cccc2Cl)C(=O)c2cnc(Nc3ccc(N4CCOCC4)cc3)nc21. The lowest BCUT2D eigenvalue weighted by Crippen LogP contribution is -2.46. The van der Waals surface area contributed by atoms with Crippen LogP contribution in [0.5, 0.6) is 0 Å². The summed E-state index contributed by atoms with van der Waals surface area (Å²) >= 11 is 12.7. The van der Waals surface area contributed by atoms with Crippen molar-refractivity contribution in [2.75, 3.05) is 60.0 Å². The minimum atomic E-state index is -0.250. The highest BCUT2D eigenvalue weighted by molar-refractivity contribution is 6.40. The zero-order valence-corrected chi connectivity index (χ0v) is 19.5. The summed E-state index contributed by atoms with van der Waals surface area (Å²) < 4.78 is 5.41. The summed E-state index contributed by atoms with van der Waals surface area (Å²) in [6.07, 6.45) is 1.53. The van der Waals surface area contributed by atoms with Gasteiger partial charge in [-0.15, -0.1) is 0 Å². The number of benzene rings is 2. The third kappa shape index (κ3) is 4.29. The van der Waals surface area contributed by atoms with Crippen LogP contribution in [0.15, 0.2) is 48.7 Å². The van der Waals surface area contributed by atoms with Crippen LogP contribution in [-0.4, -0.2) is 55.9 Å². The molecule has 0 aliphatic carbocycles. The van der Waals surface area contributed by atoms with E-state index in [1.165, 1.54) is 11.1 Å². The molecule has 1 aromatic heterocycles. The van der Waals surface area contributed by atoms with Crippen LogP contribution in [0.2, 0.25) is 10.0 Å². The van der Waals surface area contributed by atoms with Crippen LogP contribution >= 0.6 is 23.2 Å². The highest BCUT2D eigenvalue weighted by Crippen LogP contribution is 2.37. The molecule has 1 fully saturated rings. The maximum Gasteiger partial charge on any atom is 0.265 e. The molecular weight excluding hydrogens is 463 g/mol. The van der Waals surface area contributed by atoms with E-state index in [-0.39, 0.29) is 12.6 Å². The fourth-order valence-corrected chi connectivity index (χ4v) is 4.59. The Morgan fingerprint density at radius 3 is 2.42 bits per heavy atom. The Hall–Kier alpha value is -3.07. The Kier molecular flexibility index (Phi) is 5.97. The van der Waals surface area contributed by atoms with Crippen molar-refractivity contribution in [1.29, 1.82) is 0 Å². The molecule has 0 bridgehead atoms. The van der Waals surface area contributed by atoms with Crippen LogP contribution in [0.4, 0.5) is 28.8 Å². The van der Waals surface area contributed by atoms with Crippen LogP contribution in [0.1, 0.15) is 10.4 Å². The molecule has 0 atom stereocenters. The van der Waals surface area contributed by atoms with Gasteiger partial charge in [-0.25, -0.2) is 4.98 Å². The van der Waals surface area contributed by atoms with Crippen LogP contribution < -0.4 is 20.0 Å². The van der Waals surface area contributed by atoms with Gasteiger partial charge in [0.15, 0.2) is 0 Å². The average molecular weight is 485 g/mol. The largest absolute Gasteiger partial charge is 0.378 e. The Morgan fingerprint density at radius 1 is 1.03 bits per heavy atom. The molecule has 8 nitrogen and oxygen atoms in total. The van der Waals surface area contributed by atoms with Crippen molar-refractivity contribution in [3.63, 3.8) is 0 Å². The van der Waals surface area contributed by atoms with Crippen molar-refractivity contribution in [3.05, 3.63) is 64.3 Å². The molecule has 5 rings (SSSR count). The van der Waals surface area contributed by atoms with E-state index in [4.69, 9.17) is 27.9 Å². The minimum Gasteiger partial charge on any atom is -0.378 e. The van der Waals surface area contributed by atoms with Crippen molar-refractivity contribution in [3.8, 4) is 0 Å². The number of amides is 1. The molecule has 1 amide bonds. The highest BCUT2D eigenvalue weighted by atomic mass is 35.5. The molecule has 0 radical (unpaired) electrons. The number of hydrogen-bond acceptors (Lipinski definition) is 7. The van der Waals surface area contributed by atoms with Crippen LogP contribution in [0, 0.1) is 0 Å². The number of morpholine rings is 1. The Balaban J connectivity index is 1.36. The number of nitrogens with one attached hydrogen (secondary N) is 1. The van der Waals surface area contributed by atoms with Gasteiger partial charge in [-0.05, 0) is 36.4 Å². The quantitative estimate of drug-likeness (QED) is 0.587. The number of ether oxygens (including phenoxy) is 1. The summed E-state index contributed by atoms with van der Waals surface area (Å²) in [6.45, 7) is 3.53. The average Bonchev–Trinajstić information content (AvgIpc) is 2.83. The number of hydrogen-bond donors (Lipinski definition) is 1. The van der Waals surface area contributed by atoms with Crippen LogP contribution in [-0.2, 0) is 4.74 Å². The van der Waals surface area contributed by atoms with E-state index in [1.54, 1.807) is 18.2 Å². The fourth-order valence-electron chi connectivity index (χ4n) is 3.99. The van der Waals surface area contributed by atoms with E-state index in [1.807, 2.05) is 24.1 Å². The standard InChI is InChI=1S/C23H22Cl2N6O2/c1-29-14-31(20-18(24)3-2-4-19(20)25)22(32)17-13-26-23(28-21(17)29)27-15-5-7-16(8-6-15)30-9-11-33-12-10-30/h2-8,13H,9-12,14H2,1H3,(H,26,27,28). The van der Waals surface area contributed by atoms with Gasteiger partial charge in [0.05, 0.1) is 35.6 Å². The molecule has 1 N–H and O–H groups in total. The van der Waals surface area contributed by atoms with Crippen molar-refractivity contribution in [2.24, 2.45) is 0 Å². The van der Waals surface area contributed by atoms with Gasteiger partial charge in [-0.3, -0.25) is 9.69 Å². The van der Waals surface area contributed by atoms with Crippen molar-refractivity contribution >= 4 is 57.9 Å². The number of rotatable bonds is 4. The third-order valence-corrected chi connectivity index (χ3v) is 6.28. The van der Waals surface area contributed by atoms with Gasteiger partial charge in [0.2, 0.25) is 5.95 Å². The summed E-state index contributed by atoms with van der Waals surface area (Å²) in [7, 11) is 1.86. The summed E-state index contributed by atoms with van der Waals surface area (Å²) in [5.74, 6) is 0.707. The Labute approximate surface area is 201 Å². The fraction of sp³-hybridized carbons (Fsp3) is 0.261. The first-order chi connectivity index (χ1) is 16.0. The molecule has 10 heteroatoms. The molecular formula is C23H22Cl2N6O2. The lowest BCUT2D eigenvalue weighted by atomic mass is 10.2. The molecule has 170 valence electrons. The smallest absolute Gasteiger partial charge is 0.265 e. The first-order valence-electron chi connectivity index (χ1n) is 10.5. The molecule has 2 aliphatic rings. The third-order valence-electron chi connectivity index (χ3n) is 5.67. The first-order valence-corrected chi connectivity index (χ1v) is 11.3. The Morgan fingerprint density at radius 2 is 1.73 bits per heavy atom. The molecule has 3 aromatic rings. The van der Waals surface area contributed by atoms with E-state index in [0.717, 1.165) is 37.7 Å². The number of fused-ring (bicyclic) bond motifs is 1. The van der Waals surface area contributed by atoms with Gasteiger partial charge in [0, 0.05) is 37.7 Å². The molecule has 0 unspecified atom stereocenters. The van der Waals surface area contributed by atoms with Crippen molar-refractivity contribution in [2.45, 2.75) is 0 Å². The van der Waals surface area contributed by atoms with E-state index in [2.05, 4.69) is 32.3 Å². The lowest BCUT2D eigenvalue weighted by molar-refractivity contribution is 0.0982. The Bertz CT molecular complexity index is 1160. The summed E-state index contributed by atoms with van der Waals surface area (Å²) in [5, 5.41) is 4.04. The number of nitrogens with zero attached hydrogens (tertiary/aromatic N) is 5. The molecule has 2 aliphatic heterocycles. The van der Waals surface area contributed by atoms with Crippen LogP contribution in [0.3, 0.4) is 0 Å². The summed E-state index contributed by atoms with van der Waals surface area (Å²) in [6, 6.07) is 13.3. The zero-order valence-electron chi connectivity index (χ0n) is 18.0. The number of para-hydroxylation sites is 1.